The van der Waals surface area contributed by atoms with Gasteiger partial charge in [-0.2, -0.15) is 0 Å². The lowest BCUT2D eigenvalue weighted by atomic mass is 10.1. The number of aliphatic carboxylic acids is 2. The van der Waals surface area contributed by atoms with Gasteiger partial charge in [-0.1, -0.05) is 34.1 Å². The summed E-state index contributed by atoms with van der Waals surface area (Å²) in [6.45, 7) is 3.89. The van der Waals surface area contributed by atoms with Crippen LogP contribution in [0.25, 0.3) is 0 Å². The van der Waals surface area contributed by atoms with Gasteiger partial charge in [-0.3, -0.25) is 9.69 Å². The molecule has 1 heterocycles. The molecule has 2 aromatic rings. The Balaban J connectivity index is 0.000000438. The lowest BCUT2D eigenvalue weighted by Crippen LogP contribution is -2.48. The van der Waals surface area contributed by atoms with Crippen LogP contribution in [0.15, 0.2) is 53.0 Å². The van der Waals surface area contributed by atoms with Crippen molar-refractivity contribution in [3.8, 4) is 0 Å². The van der Waals surface area contributed by atoms with Crippen molar-refractivity contribution in [2.24, 2.45) is 0 Å². The number of amides is 1. The third kappa shape index (κ3) is 7.28. The molecule has 1 aliphatic heterocycles. The van der Waals surface area contributed by atoms with Crippen molar-refractivity contribution in [2.45, 2.75) is 6.54 Å². The van der Waals surface area contributed by atoms with Crippen LogP contribution < -0.4 is 0 Å². The van der Waals surface area contributed by atoms with Crippen LogP contribution in [0.2, 0.25) is 0 Å². The number of halogens is 2. The summed E-state index contributed by atoms with van der Waals surface area (Å²) in [6, 6.07) is 14.2. The highest BCUT2D eigenvalue weighted by atomic mass is 79.9. The summed E-state index contributed by atoms with van der Waals surface area (Å²) in [6.07, 6.45) is 0. The second-order valence-corrected chi connectivity index (χ2v) is 7.23. The predicted molar refractivity (Wildman–Crippen MR) is 107 cm³/mol. The van der Waals surface area contributed by atoms with E-state index in [1.54, 1.807) is 17.0 Å². The lowest BCUT2D eigenvalue weighted by molar-refractivity contribution is -0.159. The molecule has 29 heavy (non-hydrogen) atoms. The van der Waals surface area contributed by atoms with Gasteiger partial charge in [0.1, 0.15) is 5.82 Å². The second-order valence-electron chi connectivity index (χ2n) is 6.32. The summed E-state index contributed by atoms with van der Waals surface area (Å²) in [4.78, 5) is 34.7. The molecule has 2 aromatic carbocycles. The highest BCUT2D eigenvalue weighted by molar-refractivity contribution is 9.10. The third-order valence-corrected chi connectivity index (χ3v) is 4.76. The Hall–Kier alpha value is -2.78. The Bertz CT molecular complexity index is 855. The van der Waals surface area contributed by atoms with E-state index in [-0.39, 0.29) is 11.7 Å². The van der Waals surface area contributed by atoms with Crippen LogP contribution in [-0.2, 0) is 16.1 Å². The maximum absolute atomic E-state index is 13.2. The Kier molecular flexibility index (Phi) is 8.29. The average molecular weight is 467 g/mol. The van der Waals surface area contributed by atoms with E-state index in [0.717, 1.165) is 24.1 Å². The molecule has 9 heteroatoms. The first-order valence-corrected chi connectivity index (χ1v) is 9.53. The number of piperazine rings is 1. The number of carbonyl (C=O) groups excluding carboxylic acids is 1. The van der Waals surface area contributed by atoms with Crippen molar-refractivity contribution in [2.75, 3.05) is 26.2 Å². The number of carboxylic acids is 2. The Morgan fingerprint density at radius 3 is 2.03 bits per heavy atom. The van der Waals surface area contributed by atoms with Gasteiger partial charge in [-0.05, 0) is 35.9 Å². The zero-order valence-electron chi connectivity index (χ0n) is 15.4. The minimum absolute atomic E-state index is 0.0900. The lowest BCUT2D eigenvalue weighted by Gasteiger charge is -2.34. The van der Waals surface area contributed by atoms with Crippen molar-refractivity contribution in [1.82, 2.24) is 9.80 Å². The number of nitrogens with zero attached hydrogens (tertiary/aromatic N) is 2. The molecule has 0 saturated carbocycles. The summed E-state index contributed by atoms with van der Waals surface area (Å²) in [5.41, 5.74) is 1.68. The predicted octanol–water partition coefficient (Wildman–Crippen LogP) is 2.70. The topological polar surface area (TPSA) is 98.1 Å². The van der Waals surface area contributed by atoms with E-state index in [2.05, 4.69) is 33.0 Å². The number of rotatable bonds is 3. The largest absolute Gasteiger partial charge is 0.473 e. The number of hydrogen-bond donors (Lipinski definition) is 2. The molecule has 0 radical (unpaired) electrons. The molecule has 154 valence electrons. The molecule has 2 N–H and O–H groups in total. The van der Waals surface area contributed by atoms with Gasteiger partial charge in [0, 0.05) is 42.8 Å². The highest BCUT2D eigenvalue weighted by Gasteiger charge is 2.22. The van der Waals surface area contributed by atoms with Gasteiger partial charge in [-0.15, -0.1) is 0 Å². The van der Waals surface area contributed by atoms with Crippen LogP contribution in [0.4, 0.5) is 4.39 Å². The van der Waals surface area contributed by atoms with Crippen molar-refractivity contribution in [3.05, 3.63) is 69.9 Å². The van der Waals surface area contributed by atoms with Gasteiger partial charge in [0.25, 0.3) is 5.91 Å². The van der Waals surface area contributed by atoms with Crippen LogP contribution in [0.3, 0.4) is 0 Å². The van der Waals surface area contributed by atoms with E-state index in [0.29, 0.717) is 18.7 Å². The van der Waals surface area contributed by atoms with E-state index in [9.17, 15) is 9.18 Å². The molecule has 1 amide bonds. The second kappa shape index (κ2) is 10.7. The molecule has 1 fully saturated rings. The number of hydrogen-bond acceptors (Lipinski definition) is 4. The SMILES string of the molecule is O=C(O)C(=O)O.O=C(c1cccc(F)c1)N1CCN(Cc2ccc(Br)cc2)CC1. The molecule has 0 aliphatic carbocycles. The van der Waals surface area contributed by atoms with Gasteiger partial charge in [0.2, 0.25) is 0 Å². The van der Waals surface area contributed by atoms with Gasteiger partial charge in [0.15, 0.2) is 0 Å². The van der Waals surface area contributed by atoms with Crippen molar-refractivity contribution in [1.29, 1.82) is 0 Å². The fourth-order valence-corrected chi connectivity index (χ4v) is 3.03. The molecular formula is C20H20BrFN2O5. The van der Waals surface area contributed by atoms with E-state index in [1.165, 1.54) is 17.7 Å². The molecule has 0 atom stereocenters. The van der Waals surface area contributed by atoms with Gasteiger partial charge >= 0.3 is 11.9 Å². The maximum atomic E-state index is 13.2. The van der Waals surface area contributed by atoms with Crippen LogP contribution in [0, 0.1) is 5.82 Å². The van der Waals surface area contributed by atoms with E-state index in [1.807, 2.05) is 12.1 Å². The van der Waals surface area contributed by atoms with Crippen LogP contribution in [-0.4, -0.2) is 64.0 Å². The van der Waals surface area contributed by atoms with Gasteiger partial charge in [0.05, 0.1) is 0 Å². The highest BCUT2D eigenvalue weighted by Crippen LogP contribution is 2.15. The number of benzene rings is 2. The van der Waals surface area contributed by atoms with E-state index >= 15 is 0 Å². The van der Waals surface area contributed by atoms with Crippen LogP contribution >= 0.6 is 15.9 Å². The molecule has 1 saturated heterocycles. The smallest absolute Gasteiger partial charge is 0.414 e. The third-order valence-electron chi connectivity index (χ3n) is 4.23. The summed E-state index contributed by atoms with van der Waals surface area (Å²) in [7, 11) is 0. The molecule has 0 aromatic heterocycles. The average Bonchev–Trinajstić information content (AvgIpc) is 2.70. The first-order chi connectivity index (χ1) is 13.8. The fourth-order valence-electron chi connectivity index (χ4n) is 2.76. The Morgan fingerprint density at radius 1 is 0.931 bits per heavy atom. The van der Waals surface area contributed by atoms with E-state index in [4.69, 9.17) is 19.8 Å². The minimum Gasteiger partial charge on any atom is -0.473 e. The number of carboxylic acid groups (broad SMARTS) is 2. The summed E-state index contributed by atoms with van der Waals surface area (Å²) in [5, 5.41) is 14.8. The summed E-state index contributed by atoms with van der Waals surface area (Å²) >= 11 is 3.44. The summed E-state index contributed by atoms with van der Waals surface area (Å²) in [5.74, 6) is -4.11. The molecule has 1 aliphatic rings. The molecule has 0 spiro atoms. The Morgan fingerprint density at radius 2 is 1.52 bits per heavy atom. The Labute approximate surface area is 175 Å². The van der Waals surface area contributed by atoms with Crippen LogP contribution in [0.1, 0.15) is 15.9 Å². The van der Waals surface area contributed by atoms with Crippen molar-refractivity contribution in [3.63, 3.8) is 0 Å². The van der Waals surface area contributed by atoms with Crippen molar-refractivity contribution < 1.29 is 29.0 Å². The first-order valence-electron chi connectivity index (χ1n) is 8.74. The van der Waals surface area contributed by atoms with Gasteiger partial charge in [-0.25, -0.2) is 14.0 Å². The van der Waals surface area contributed by atoms with E-state index < -0.39 is 11.9 Å². The normalized spacial score (nSPS) is 13.9. The summed E-state index contributed by atoms with van der Waals surface area (Å²) < 4.78 is 14.3. The molecule has 0 bridgehead atoms. The zero-order valence-corrected chi connectivity index (χ0v) is 17.0. The molecule has 7 nitrogen and oxygen atoms in total. The quantitative estimate of drug-likeness (QED) is 0.674. The van der Waals surface area contributed by atoms with Crippen LogP contribution in [0.5, 0.6) is 0 Å². The van der Waals surface area contributed by atoms with Crippen molar-refractivity contribution >= 4 is 33.8 Å². The zero-order chi connectivity index (χ0) is 21.4. The fraction of sp³-hybridized carbons (Fsp3) is 0.250. The number of carbonyl (C=O) groups is 3. The maximum Gasteiger partial charge on any atom is 0.414 e. The monoisotopic (exact) mass is 466 g/mol. The molecular weight excluding hydrogens is 447 g/mol. The molecule has 3 rings (SSSR count). The molecule has 0 unspecified atom stereocenters. The standard InChI is InChI=1S/C18H18BrFN2O.C2H2O4/c19-16-6-4-14(5-7-16)13-21-8-10-22(11-9-21)18(23)15-2-1-3-17(20)12-15;3-1(4)2(5)6/h1-7,12H,8-11,13H2;(H,3,4)(H,5,6). The first kappa shape index (κ1) is 22.5. The minimum atomic E-state index is -1.82. The van der Waals surface area contributed by atoms with Gasteiger partial charge < -0.3 is 15.1 Å².